The standard InChI is InChI=1S/C11H9N3O3S2/c15-8(16)6-18-11-14-13-10(19-11)12-9(17)7-4-2-1-3-5-7/h1-5H,6H2,(H,15,16)(H,12,13,17). The number of benzene rings is 1. The van der Waals surface area contributed by atoms with Gasteiger partial charge in [-0.05, 0) is 12.1 Å². The van der Waals surface area contributed by atoms with E-state index < -0.39 is 5.97 Å². The molecular formula is C11H9N3O3S2. The number of carbonyl (C=O) groups is 2. The average Bonchev–Trinajstić information content (AvgIpc) is 2.85. The van der Waals surface area contributed by atoms with Gasteiger partial charge in [-0.15, -0.1) is 10.2 Å². The van der Waals surface area contributed by atoms with Crippen LogP contribution in [0, 0.1) is 0 Å². The van der Waals surface area contributed by atoms with Crippen LogP contribution < -0.4 is 5.32 Å². The maximum absolute atomic E-state index is 11.8. The minimum Gasteiger partial charge on any atom is -0.481 e. The zero-order valence-corrected chi connectivity index (χ0v) is 11.2. The van der Waals surface area contributed by atoms with Gasteiger partial charge in [0, 0.05) is 5.56 Å². The van der Waals surface area contributed by atoms with Crippen molar-refractivity contribution < 1.29 is 14.7 Å². The van der Waals surface area contributed by atoms with E-state index in [0.717, 1.165) is 23.1 Å². The van der Waals surface area contributed by atoms with Crippen LogP contribution in [-0.2, 0) is 4.79 Å². The second-order valence-corrected chi connectivity index (χ2v) is 5.58. The topological polar surface area (TPSA) is 92.2 Å². The fraction of sp³-hybridized carbons (Fsp3) is 0.0909. The number of carboxylic acid groups (broad SMARTS) is 1. The fourth-order valence-corrected chi connectivity index (χ4v) is 2.67. The molecule has 1 aromatic heterocycles. The first-order chi connectivity index (χ1) is 9.15. The zero-order valence-electron chi connectivity index (χ0n) is 9.57. The van der Waals surface area contributed by atoms with Crippen LogP contribution in [-0.4, -0.2) is 32.9 Å². The van der Waals surface area contributed by atoms with Gasteiger partial charge >= 0.3 is 5.97 Å². The van der Waals surface area contributed by atoms with E-state index in [2.05, 4.69) is 15.5 Å². The molecule has 1 aromatic carbocycles. The molecule has 0 spiro atoms. The summed E-state index contributed by atoms with van der Waals surface area (Å²) in [5.41, 5.74) is 0.525. The summed E-state index contributed by atoms with van der Waals surface area (Å²) in [5, 5.41) is 19.1. The summed E-state index contributed by atoms with van der Waals surface area (Å²) in [7, 11) is 0. The highest BCUT2D eigenvalue weighted by Gasteiger charge is 2.10. The maximum atomic E-state index is 11.8. The number of anilines is 1. The number of amides is 1. The number of carboxylic acids is 1. The van der Waals surface area contributed by atoms with Crippen LogP contribution >= 0.6 is 23.1 Å². The molecule has 8 heteroatoms. The summed E-state index contributed by atoms with van der Waals surface area (Å²) in [6, 6.07) is 8.74. The molecule has 2 N–H and O–H groups in total. The first kappa shape index (κ1) is 13.5. The highest BCUT2D eigenvalue weighted by molar-refractivity contribution is 8.01. The van der Waals surface area contributed by atoms with E-state index in [0.29, 0.717) is 15.0 Å². The number of hydrogen-bond acceptors (Lipinski definition) is 6. The van der Waals surface area contributed by atoms with Crippen LogP contribution in [0.3, 0.4) is 0 Å². The summed E-state index contributed by atoms with van der Waals surface area (Å²) in [6.07, 6.45) is 0. The molecule has 6 nitrogen and oxygen atoms in total. The molecule has 1 amide bonds. The van der Waals surface area contributed by atoms with Crippen LogP contribution in [0.15, 0.2) is 34.7 Å². The molecule has 2 rings (SSSR count). The minimum atomic E-state index is -0.921. The highest BCUT2D eigenvalue weighted by Crippen LogP contribution is 2.25. The van der Waals surface area contributed by atoms with Crippen LogP contribution in [0.4, 0.5) is 5.13 Å². The van der Waals surface area contributed by atoms with Gasteiger partial charge in [-0.1, -0.05) is 41.3 Å². The lowest BCUT2D eigenvalue weighted by molar-refractivity contribution is -0.133. The van der Waals surface area contributed by atoms with Gasteiger partial charge in [0.15, 0.2) is 4.34 Å². The monoisotopic (exact) mass is 295 g/mol. The maximum Gasteiger partial charge on any atom is 0.313 e. The number of aliphatic carboxylic acids is 1. The smallest absolute Gasteiger partial charge is 0.313 e. The molecule has 0 aliphatic rings. The van der Waals surface area contributed by atoms with Crippen LogP contribution in [0.2, 0.25) is 0 Å². The zero-order chi connectivity index (χ0) is 13.7. The molecule has 1 heterocycles. The third-order valence-corrected chi connectivity index (χ3v) is 3.94. The van der Waals surface area contributed by atoms with Crippen molar-refractivity contribution in [1.29, 1.82) is 0 Å². The van der Waals surface area contributed by atoms with E-state index in [-0.39, 0.29) is 11.7 Å². The third-order valence-electron chi connectivity index (χ3n) is 1.98. The quantitative estimate of drug-likeness (QED) is 0.647. The Kier molecular flexibility index (Phi) is 4.48. The Bertz CT molecular complexity index is 586. The molecule has 0 radical (unpaired) electrons. The predicted octanol–water partition coefficient (Wildman–Crippen LogP) is 1.97. The van der Waals surface area contributed by atoms with Crippen molar-refractivity contribution in [2.75, 3.05) is 11.1 Å². The van der Waals surface area contributed by atoms with Crippen LogP contribution in [0.1, 0.15) is 10.4 Å². The number of hydrogen-bond donors (Lipinski definition) is 2. The number of rotatable bonds is 5. The molecule has 0 atom stereocenters. The average molecular weight is 295 g/mol. The number of nitrogens with one attached hydrogen (secondary N) is 1. The van der Waals surface area contributed by atoms with Crippen molar-refractivity contribution in [1.82, 2.24) is 10.2 Å². The summed E-state index contributed by atoms with van der Waals surface area (Å²) in [6.45, 7) is 0. The van der Waals surface area contributed by atoms with Gasteiger partial charge < -0.3 is 5.11 Å². The van der Waals surface area contributed by atoms with Crippen molar-refractivity contribution in [3.05, 3.63) is 35.9 Å². The predicted molar refractivity (Wildman–Crippen MR) is 72.7 cm³/mol. The second-order valence-electron chi connectivity index (χ2n) is 3.38. The van der Waals surface area contributed by atoms with E-state index in [4.69, 9.17) is 5.11 Å². The van der Waals surface area contributed by atoms with Gasteiger partial charge in [0.25, 0.3) is 5.91 Å². The van der Waals surface area contributed by atoms with Gasteiger partial charge in [-0.3, -0.25) is 14.9 Å². The van der Waals surface area contributed by atoms with Crippen molar-refractivity contribution in [2.45, 2.75) is 4.34 Å². The summed E-state index contributed by atoms with van der Waals surface area (Å²) in [5.74, 6) is -1.28. The molecule has 0 unspecified atom stereocenters. The minimum absolute atomic E-state index is 0.0821. The Balaban J connectivity index is 1.96. The Morgan fingerprint density at radius 3 is 2.68 bits per heavy atom. The highest BCUT2D eigenvalue weighted by atomic mass is 32.2. The Morgan fingerprint density at radius 1 is 1.26 bits per heavy atom. The Hall–Kier alpha value is -1.93. The van der Waals surface area contributed by atoms with Gasteiger partial charge in [0.1, 0.15) is 0 Å². The van der Waals surface area contributed by atoms with Crippen LogP contribution in [0.25, 0.3) is 0 Å². The summed E-state index contributed by atoms with van der Waals surface area (Å²) in [4.78, 5) is 22.2. The van der Waals surface area contributed by atoms with Gasteiger partial charge in [-0.2, -0.15) is 0 Å². The molecular weight excluding hydrogens is 286 g/mol. The van der Waals surface area contributed by atoms with Gasteiger partial charge in [0.05, 0.1) is 5.75 Å². The first-order valence-electron chi connectivity index (χ1n) is 5.19. The fourth-order valence-electron chi connectivity index (χ4n) is 1.20. The first-order valence-corrected chi connectivity index (χ1v) is 7.00. The largest absolute Gasteiger partial charge is 0.481 e. The Morgan fingerprint density at radius 2 is 2.00 bits per heavy atom. The molecule has 0 bridgehead atoms. The number of nitrogens with zero attached hydrogens (tertiary/aromatic N) is 2. The summed E-state index contributed by atoms with van der Waals surface area (Å²) >= 11 is 2.21. The van der Waals surface area contributed by atoms with Crippen molar-refractivity contribution in [3.8, 4) is 0 Å². The van der Waals surface area contributed by atoms with Crippen molar-refractivity contribution in [3.63, 3.8) is 0 Å². The molecule has 2 aromatic rings. The molecule has 19 heavy (non-hydrogen) atoms. The number of carbonyl (C=O) groups excluding carboxylic acids is 1. The van der Waals surface area contributed by atoms with E-state index in [1.165, 1.54) is 0 Å². The second kappa shape index (κ2) is 6.30. The Labute approximate surface area is 116 Å². The van der Waals surface area contributed by atoms with Crippen molar-refractivity contribution >= 4 is 40.1 Å². The molecule has 0 aliphatic heterocycles. The molecule has 0 saturated carbocycles. The van der Waals surface area contributed by atoms with Crippen LogP contribution in [0.5, 0.6) is 0 Å². The van der Waals surface area contributed by atoms with E-state index in [1.807, 2.05) is 6.07 Å². The van der Waals surface area contributed by atoms with Gasteiger partial charge in [0.2, 0.25) is 5.13 Å². The molecule has 0 fully saturated rings. The number of thioether (sulfide) groups is 1. The third kappa shape index (κ3) is 4.04. The molecule has 0 aliphatic carbocycles. The van der Waals surface area contributed by atoms with E-state index in [1.54, 1.807) is 24.3 Å². The lowest BCUT2D eigenvalue weighted by atomic mass is 10.2. The SMILES string of the molecule is O=C(O)CSc1nnc(NC(=O)c2ccccc2)s1. The summed E-state index contributed by atoms with van der Waals surface area (Å²) < 4.78 is 0.505. The van der Waals surface area contributed by atoms with Gasteiger partial charge in [-0.25, -0.2) is 0 Å². The van der Waals surface area contributed by atoms with E-state index in [9.17, 15) is 9.59 Å². The lowest BCUT2D eigenvalue weighted by Crippen LogP contribution is -2.11. The normalized spacial score (nSPS) is 10.1. The lowest BCUT2D eigenvalue weighted by Gasteiger charge is -1.99. The molecule has 98 valence electrons. The molecule has 0 saturated heterocycles. The van der Waals surface area contributed by atoms with Crippen molar-refractivity contribution in [2.24, 2.45) is 0 Å². The number of aromatic nitrogens is 2. The van der Waals surface area contributed by atoms with E-state index >= 15 is 0 Å².